The highest BCUT2D eigenvalue weighted by molar-refractivity contribution is 5.68. The number of carboxylic acid groups (broad SMARTS) is 1. The molecular weight excluding hydrogens is 188 g/mol. The molecule has 0 aromatic rings. The molecule has 82 valence electrons. The molecule has 0 saturated heterocycles. The normalized spacial score (nSPS) is 9.79. The Morgan fingerprint density at radius 2 is 1.43 bits per heavy atom. The summed E-state index contributed by atoms with van der Waals surface area (Å²) in [6.45, 7) is 0. The lowest BCUT2D eigenvalue weighted by molar-refractivity contribution is -0.234. The summed E-state index contributed by atoms with van der Waals surface area (Å²) in [5, 5.41) is 16.3. The molecule has 0 bridgehead atoms. The van der Waals surface area contributed by atoms with Crippen molar-refractivity contribution >= 4 is 11.9 Å². The molecule has 0 aliphatic carbocycles. The van der Waals surface area contributed by atoms with Crippen LogP contribution in [0.15, 0.2) is 0 Å². The Balaban J connectivity index is 3.06. The first-order valence-corrected chi connectivity index (χ1v) is 4.73. The third-order valence-corrected chi connectivity index (χ3v) is 1.87. The molecule has 0 aliphatic rings. The van der Waals surface area contributed by atoms with Gasteiger partial charge >= 0.3 is 11.9 Å². The van der Waals surface area contributed by atoms with E-state index in [-0.39, 0.29) is 12.8 Å². The molecule has 0 heterocycles. The second kappa shape index (κ2) is 8.50. The first kappa shape index (κ1) is 12.9. The van der Waals surface area contributed by atoms with E-state index < -0.39 is 11.9 Å². The van der Waals surface area contributed by atoms with Gasteiger partial charge in [-0.3, -0.25) is 4.79 Å². The summed E-state index contributed by atoms with van der Waals surface area (Å²) in [7, 11) is 0. The summed E-state index contributed by atoms with van der Waals surface area (Å²) < 4.78 is 0. The van der Waals surface area contributed by atoms with Gasteiger partial charge in [-0.25, -0.2) is 4.79 Å². The second-order valence-electron chi connectivity index (χ2n) is 3.12. The summed E-state index contributed by atoms with van der Waals surface area (Å²) >= 11 is 0. The summed E-state index contributed by atoms with van der Waals surface area (Å²) in [5.74, 6) is -1.38. The SMILES string of the molecule is O=C(O)CCCCCCCC(=O)OO. The minimum Gasteiger partial charge on any atom is -0.481 e. The molecule has 0 amide bonds. The monoisotopic (exact) mass is 204 g/mol. The van der Waals surface area contributed by atoms with E-state index in [1.165, 1.54) is 0 Å². The first-order valence-electron chi connectivity index (χ1n) is 4.73. The third kappa shape index (κ3) is 8.99. The van der Waals surface area contributed by atoms with Crippen LogP contribution in [-0.4, -0.2) is 22.3 Å². The van der Waals surface area contributed by atoms with E-state index >= 15 is 0 Å². The molecule has 5 heteroatoms. The lowest BCUT2D eigenvalue weighted by Gasteiger charge is -1.98. The Labute approximate surface area is 82.6 Å². The Morgan fingerprint density at radius 1 is 0.929 bits per heavy atom. The van der Waals surface area contributed by atoms with Crippen LogP contribution in [0, 0.1) is 0 Å². The van der Waals surface area contributed by atoms with Gasteiger partial charge in [-0.15, -0.1) is 0 Å². The summed E-state index contributed by atoms with van der Waals surface area (Å²) in [6.07, 6.45) is 4.40. The quantitative estimate of drug-likeness (QED) is 0.358. The number of rotatable bonds is 8. The van der Waals surface area contributed by atoms with Crippen molar-refractivity contribution in [3.05, 3.63) is 0 Å². The predicted octanol–water partition coefficient (Wildman–Crippen LogP) is 1.82. The largest absolute Gasteiger partial charge is 0.481 e. The van der Waals surface area contributed by atoms with Gasteiger partial charge in [0.1, 0.15) is 0 Å². The standard InChI is InChI=1S/C9H16O5/c10-8(11)6-4-2-1-3-5-7-9(12)14-13/h13H,1-7H2,(H,10,11). The number of aliphatic carboxylic acids is 1. The summed E-state index contributed by atoms with van der Waals surface area (Å²) in [6, 6.07) is 0. The molecule has 0 rings (SSSR count). The zero-order valence-electron chi connectivity index (χ0n) is 8.07. The van der Waals surface area contributed by atoms with Crippen molar-refractivity contribution < 1.29 is 24.8 Å². The highest BCUT2D eigenvalue weighted by Gasteiger charge is 2.01. The molecule has 2 N–H and O–H groups in total. The Bertz CT molecular complexity index is 178. The maximum atomic E-state index is 10.4. The van der Waals surface area contributed by atoms with E-state index in [0.717, 1.165) is 19.3 Å². The van der Waals surface area contributed by atoms with E-state index in [4.69, 9.17) is 10.4 Å². The first-order chi connectivity index (χ1) is 6.66. The predicted molar refractivity (Wildman–Crippen MR) is 48.7 cm³/mol. The smallest absolute Gasteiger partial charge is 0.342 e. The Kier molecular flexibility index (Phi) is 7.83. The molecule has 5 nitrogen and oxygen atoms in total. The van der Waals surface area contributed by atoms with E-state index in [0.29, 0.717) is 12.8 Å². The summed E-state index contributed by atoms with van der Waals surface area (Å²) in [4.78, 5) is 24.1. The number of carbonyl (C=O) groups is 2. The lowest BCUT2D eigenvalue weighted by Crippen LogP contribution is -1.99. The Morgan fingerprint density at radius 3 is 1.93 bits per heavy atom. The van der Waals surface area contributed by atoms with Crippen LogP contribution in [0.1, 0.15) is 44.9 Å². The van der Waals surface area contributed by atoms with E-state index in [2.05, 4.69) is 4.89 Å². The second-order valence-corrected chi connectivity index (χ2v) is 3.12. The molecule has 14 heavy (non-hydrogen) atoms. The number of hydrogen-bond acceptors (Lipinski definition) is 4. The van der Waals surface area contributed by atoms with Gasteiger partial charge in [0.2, 0.25) is 0 Å². The zero-order chi connectivity index (χ0) is 10.8. The highest BCUT2D eigenvalue weighted by atomic mass is 17.1. The minimum atomic E-state index is -0.770. The third-order valence-electron chi connectivity index (χ3n) is 1.87. The average Bonchev–Trinajstić information content (AvgIpc) is 2.15. The van der Waals surface area contributed by atoms with Gasteiger partial charge in [-0.05, 0) is 12.8 Å². The van der Waals surface area contributed by atoms with Crippen LogP contribution < -0.4 is 0 Å². The fraction of sp³-hybridized carbons (Fsp3) is 0.778. The molecule has 0 radical (unpaired) electrons. The van der Waals surface area contributed by atoms with Crippen LogP contribution in [0.25, 0.3) is 0 Å². The van der Waals surface area contributed by atoms with Crippen molar-refractivity contribution in [1.82, 2.24) is 0 Å². The zero-order valence-corrected chi connectivity index (χ0v) is 8.07. The van der Waals surface area contributed by atoms with Gasteiger partial charge in [0.25, 0.3) is 0 Å². The van der Waals surface area contributed by atoms with Gasteiger partial charge in [-0.1, -0.05) is 19.3 Å². The van der Waals surface area contributed by atoms with Crippen molar-refractivity contribution in [3.8, 4) is 0 Å². The number of unbranched alkanes of at least 4 members (excludes halogenated alkanes) is 4. The molecule has 0 atom stereocenters. The minimum absolute atomic E-state index is 0.207. The molecule has 0 unspecified atom stereocenters. The van der Waals surface area contributed by atoms with Gasteiger partial charge in [0.15, 0.2) is 0 Å². The van der Waals surface area contributed by atoms with Crippen LogP contribution in [0.3, 0.4) is 0 Å². The molecule has 0 spiro atoms. The molecule has 0 saturated carbocycles. The number of carboxylic acids is 1. The molecule has 0 fully saturated rings. The maximum absolute atomic E-state index is 10.4. The van der Waals surface area contributed by atoms with Crippen LogP contribution >= 0.6 is 0 Å². The lowest BCUT2D eigenvalue weighted by atomic mass is 10.1. The molecular formula is C9H16O5. The fourth-order valence-electron chi connectivity index (χ4n) is 1.12. The molecule has 0 aromatic carbocycles. The van der Waals surface area contributed by atoms with Crippen LogP contribution in [-0.2, 0) is 14.5 Å². The van der Waals surface area contributed by atoms with Crippen LogP contribution in [0.2, 0.25) is 0 Å². The van der Waals surface area contributed by atoms with Crippen LogP contribution in [0.5, 0.6) is 0 Å². The van der Waals surface area contributed by atoms with Gasteiger partial charge in [-0.2, -0.15) is 5.26 Å². The topological polar surface area (TPSA) is 83.8 Å². The molecule has 0 aliphatic heterocycles. The van der Waals surface area contributed by atoms with Gasteiger partial charge in [0, 0.05) is 12.8 Å². The van der Waals surface area contributed by atoms with E-state index in [1.807, 2.05) is 0 Å². The van der Waals surface area contributed by atoms with Gasteiger partial charge < -0.3 is 9.99 Å². The fourth-order valence-corrected chi connectivity index (χ4v) is 1.12. The average molecular weight is 204 g/mol. The van der Waals surface area contributed by atoms with Crippen molar-refractivity contribution in [2.24, 2.45) is 0 Å². The summed E-state index contributed by atoms with van der Waals surface area (Å²) in [5.41, 5.74) is 0. The highest BCUT2D eigenvalue weighted by Crippen LogP contribution is 2.07. The number of hydrogen-bond donors (Lipinski definition) is 2. The van der Waals surface area contributed by atoms with Crippen molar-refractivity contribution in [2.45, 2.75) is 44.9 Å². The van der Waals surface area contributed by atoms with Crippen molar-refractivity contribution in [1.29, 1.82) is 0 Å². The number of carbonyl (C=O) groups excluding carboxylic acids is 1. The van der Waals surface area contributed by atoms with Crippen molar-refractivity contribution in [2.75, 3.05) is 0 Å². The van der Waals surface area contributed by atoms with E-state index in [9.17, 15) is 9.59 Å². The van der Waals surface area contributed by atoms with Crippen LogP contribution in [0.4, 0.5) is 0 Å². The molecule has 0 aromatic heterocycles. The van der Waals surface area contributed by atoms with E-state index in [1.54, 1.807) is 0 Å². The van der Waals surface area contributed by atoms with Crippen molar-refractivity contribution in [3.63, 3.8) is 0 Å². The van der Waals surface area contributed by atoms with Gasteiger partial charge in [0.05, 0.1) is 0 Å². The maximum Gasteiger partial charge on any atom is 0.342 e. The Hall–Kier alpha value is -1.10.